The second-order valence-corrected chi connectivity index (χ2v) is 5.65. The van der Waals surface area contributed by atoms with Crippen molar-refractivity contribution in [1.82, 2.24) is 9.80 Å². The van der Waals surface area contributed by atoms with Crippen LogP contribution in [0.2, 0.25) is 0 Å². The molecule has 1 aliphatic heterocycles. The highest BCUT2D eigenvalue weighted by Gasteiger charge is 2.19. The summed E-state index contributed by atoms with van der Waals surface area (Å²) in [4.78, 5) is 16.2. The summed E-state index contributed by atoms with van der Waals surface area (Å²) in [5.74, 6) is 0.392. The van der Waals surface area contributed by atoms with E-state index in [1.807, 2.05) is 4.90 Å². The van der Waals surface area contributed by atoms with E-state index in [9.17, 15) is 4.79 Å². The van der Waals surface area contributed by atoms with Crippen molar-refractivity contribution in [2.75, 3.05) is 45.9 Å². The Bertz CT molecular complexity index is 259. The van der Waals surface area contributed by atoms with E-state index in [0.717, 1.165) is 58.5 Å². The molecule has 0 atom stereocenters. The lowest BCUT2D eigenvalue weighted by atomic mass is 10.2. The van der Waals surface area contributed by atoms with Crippen molar-refractivity contribution in [1.29, 1.82) is 0 Å². The van der Waals surface area contributed by atoms with Crippen molar-refractivity contribution in [3.8, 4) is 0 Å². The van der Waals surface area contributed by atoms with Crippen molar-refractivity contribution in [2.45, 2.75) is 33.1 Å². The van der Waals surface area contributed by atoms with E-state index in [4.69, 9.17) is 10.5 Å². The largest absolute Gasteiger partial charge is 0.449 e. The third-order valence-corrected chi connectivity index (χ3v) is 3.32. The molecule has 0 aromatic heterocycles. The number of nitrogens with zero attached hydrogens (tertiary/aromatic N) is 2. The molecular formula is C14H29N3O2. The predicted molar refractivity (Wildman–Crippen MR) is 77.1 cm³/mol. The van der Waals surface area contributed by atoms with Crippen LogP contribution in [0.3, 0.4) is 0 Å². The Kier molecular flexibility index (Phi) is 7.82. The third-order valence-electron chi connectivity index (χ3n) is 3.32. The molecule has 1 amide bonds. The monoisotopic (exact) mass is 271 g/mol. The third kappa shape index (κ3) is 6.78. The van der Waals surface area contributed by atoms with Crippen LogP contribution in [0, 0.1) is 5.92 Å². The number of carbonyl (C=O) groups is 1. The predicted octanol–water partition coefficient (Wildman–Crippen LogP) is 1.53. The van der Waals surface area contributed by atoms with E-state index in [1.54, 1.807) is 0 Å². The second-order valence-electron chi connectivity index (χ2n) is 5.65. The Balaban J connectivity index is 2.26. The number of amides is 1. The number of ether oxygens (including phenoxy) is 1. The Morgan fingerprint density at radius 2 is 2.00 bits per heavy atom. The van der Waals surface area contributed by atoms with Crippen LogP contribution >= 0.6 is 0 Å². The molecular weight excluding hydrogens is 242 g/mol. The van der Waals surface area contributed by atoms with Gasteiger partial charge in [0.1, 0.15) is 0 Å². The summed E-state index contributed by atoms with van der Waals surface area (Å²) >= 11 is 0. The maximum absolute atomic E-state index is 11.9. The summed E-state index contributed by atoms with van der Waals surface area (Å²) in [6, 6.07) is 0. The van der Waals surface area contributed by atoms with Gasteiger partial charge in [-0.3, -0.25) is 0 Å². The SMILES string of the molecule is CC(C)COC(=O)N1CCCN(CCCCN)CC1. The zero-order valence-corrected chi connectivity index (χ0v) is 12.4. The minimum Gasteiger partial charge on any atom is -0.449 e. The molecule has 1 rings (SSSR count). The standard InChI is InChI=1S/C14H29N3O2/c1-13(2)12-19-14(18)17-9-5-8-16(10-11-17)7-4-3-6-15/h13H,3-12,15H2,1-2H3. The molecule has 2 N–H and O–H groups in total. The van der Waals surface area contributed by atoms with Crippen LogP contribution in [0.25, 0.3) is 0 Å². The minimum absolute atomic E-state index is 0.155. The summed E-state index contributed by atoms with van der Waals surface area (Å²) in [7, 11) is 0. The van der Waals surface area contributed by atoms with E-state index in [2.05, 4.69) is 18.7 Å². The summed E-state index contributed by atoms with van der Waals surface area (Å²) < 4.78 is 5.28. The zero-order chi connectivity index (χ0) is 14.1. The van der Waals surface area contributed by atoms with Gasteiger partial charge in [0, 0.05) is 19.6 Å². The van der Waals surface area contributed by atoms with E-state index in [0.29, 0.717) is 12.5 Å². The molecule has 0 aromatic rings. The molecule has 0 aliphatic carbocycles. The van der Waals surface area contributed by atoms with Crippen molar-refractivity contribution in [3.63, 3.8) is 0 Å². The van der Waals surface area contributed by atoms with Gasteiger partial charge in [0.15, 0.2) is 0 Å². The van der Waals surface area contributed by atoms with Gasteiger partial charge < -0.3 is 20.3 Å². The van der Waals surface area contributed by atoms with Gasteiger partial charge in [-0.15, -0.1) is 0 Å². The lowest BCUT2D eigenvalue weighted by Crippen LogP contribution is -2.36. The van der Waals surface area contributed by atoms with Crippen LogP contribution in [0.15, 0.2) is 0 Å². The molecule has 5 nitrogen and oxygen atoms in total. The Morgan fingerprint density at radius 3 is 2.68 bits per heavy atom. The Hall–Kier alpha value is -0.810. The number of rotatable bonds is 6. The molecule has 112 valence electrons. The van der Waals surface area contributed by atoms with Gasteiger partial charge in [0.05, 0.1) is 6.61 Å². The highest BCUT2D eigenvalue weighted by Crippen LogP contribution is 2.07. The van der Waals surface area contributed by atoms with Crippen LogP contribution in [0.4, 0.5) is 4.79 Å². The maximum Gasteiger partial charge on any atom is 0.409 e. The topological polar surface area (TPSA) is 58.8 Å². The molecule has 1 saturated heterocycles. The average molecular weight is 271 g/mol. The van der Waals surface area contributed by atoms with Gasteiger partial charge in [-0.2, -0.15) is 0 Å². The number of hydrogen-bond acceptors (Lipinski definition) is 4. The highest BCUT2D eigenvalue weighted by molar-refractivity contribution is 5.67. The first-order valence-electron chi connectivity index (χ1n) is 7.47. The number of unbranched alkanes of at least 4 members (excludes halogenated alkanes) is 1. The molecule has 0 radical (unpaired) electrons. The lowest BCUT2D eigenvalue weighted by Gasteiger charge is -2.22. The van der Waals surface area contributed by atoms with Crippen molar-refractivity contribution < 1.29 is 9.53 Å². The van der Waals surface area contributed by atoms with Gasteiger partial charge in [-0.25, -0.2) is 4.79 Å². The molecule has 19 heavy (non-hydrogen) atoms. The van der Waals surface area contributed by atoms with Crippen molar-refractivity contribution in [2.24, 2.45) is 11.7 Å². The van der Waals surface area contributed by atoms with Gasteiger partial charge >= 0.3 is 6.09 Å². The second kappa shape index (κ2) is 9.15. The molecule has 5 heteroatoms. The van der Waals surface area contributed by atoms with E-state index in [-0.39, 0.29) is 6.09 Å². The molecule has 0 saturated carbocycles. The number of hydrogen-bond donors (Lipinski definition) is 1. The molecule has 0 aromatic carbocycles. The molecule has 1 heterocycles. The van der Waals surface area contributed by atoms with Crippen molar-refractivity contribution >= 4 is 6.09 Å². The van der Waals surface area contributed by atoms with Gasteiger partial charge in [0.2, 0.25) is 0 Å². The normalized spacial score (nSPS) is 17.6. The maximum atomic E-state index is 11.9. The minimum atomic E-state index is -0.155. The Morgan fingerprint density at radius 1 is 1.21 bits per heavy atom. The summed E-state index contributed by atoms with van der Waals surface area (Å²) in [5.41, 5.74) is 5.51. The van der Waals surface area contributed by atoms with Gasteiger partial charge in [-0.1, -0.05) is 13.8 Å². The smallest absolute Gasteiger partial charge is 0.409 e. The van der Waals surface area contributed by atoms with Crippen LogP contribution < -0.4 is 5.73 Å². The quantitative estimate of drug-likeness (QED) is 0.744. The van der Waals surface area contributed by atoms with Crippen LogP contribution in [0.1, 0.15) is 33.1 Å². The average Bonchev–Trinajstić information content (AvgIpc) is 2.62. The van der Waals surface area contributed by atoms with Gasteiger partial charge in [0.25, 0.3) is 0 Å². The summed E-state index contributed by atoms with van der Waals surface area (Å²) in [5, 5.41) is 0. The first-order valence-corrected chi connectivity index (χ1v) is 7.47. The van der Waals surface area contributed by atoms with E-state index >= 15 is 0 Å². The van der Waals surface area contributed by atoms with Gasteiger partial charge in [-0.05, 0) is 44.8 Å². The van der Waals surface area contributed by atoms with E-state index in [1.165, 1.54) is 0 Å². The number of carbonyl (C=O) groups excluding carboxylic acids is 1. The fraction of sp³-hybridized carbons (Fsp3) is 0.929. The molecule has 0 spiro atoms. The first-order chi connectivity index (χ1) is 9.13. The molecule has 1 fully saturated rings. The number of nitrogens with two attached hydrogens (primary N) is 1. The van der Waals surface area contributed by atoms with Crippen LogP contribution in [-0.4, -0.2) is 61.8 Å². The van der Waals surface area contributed by atoms with Crippen LogP contribution in [-0.2, 0) is 4.74 Å². The lowest BCUT2D eigenvalue weighted by molar-refractivity contribution is 0.0931. The van der Waals surface area contributed by atoms with Crippen LogP contribution in [0.5, 0.6) is 0 Å². The summed E-state index contributed by atoms with van der Waals surface area (Å²) in [6.45, 7) is 10.1. The molecule has 0 bridgehead atoms. The molecule has 1 aliphatic rings. The highest BCUT2D eigenvalue weighted by atomic mass is 16.6. The fourth-order valence-electron chi connectivity index (χ4n) is 2.19. The Labute approximate surface area is 117 Å². The van der Waals surface area contributed by atoms with Crippen molar-refractivity contribution in [3.05, 3.63) is 0 Å². The fourth-order valence-corrected chi connectivity index (χ4v) is 2.19. The zero-order valence-electron chi connectivity index (χ0n) is 12.4. The molecule has 0 unspecified atom stereocenters. The summed E-state index contributed by atoms with van der Waals surface area (Å²) in [6.07, 6.45) is 3.10. The first kappa shape index (κ1) is 16.2. The van der Waals surface area contributed by atoms with E-state index < -0.39 is 0 Å².